The Balaban J connectivity index is 0.00000261. The molecule has 0 aromatic carbocycles. The molecule has 2 N–H and O–H groups in total. The molecule has 0 aliphatic heterocycles. The molecule has 0 amide bonds. The first-order chi connectivity index (χ1) is 12.9. The Morgan fingerprint density at radius 1 is 1.19 bits per heavy atom. The zero-order valence-electron chi connectivity index (χ0n) is 16.2. The molecule has 1 aliphatic rings. The zero-order valence-corrected chi connectivity index (χ0v) is 18.5. The molecule has 6 nitrogen and oxygen atoms in total. The molecule has 27 heavy (non-hydrogen) atoms. The average molecular weight is 482 g/mol. The van der Waals surface area contributed by atoms with Gasteiger partial charge >= 0.3 is 0 Å². The van der Waals surface area contributed by atoms with Crippen LogP contribution in [-0.2, 0) is 6.42 Å². The number of aromatic nitrogens is 3. The Morgan fingerprint density at radius 3 is 2.93 bits per heavy atom. The van der Waals surface area contributed by atoms with Gasteiger partial charge in [-0.25, -0.2) is 0 Å². The summed E-state index contributed by atoms with van der Waals surface area (Å²) in [5.41, 5.74) is 2.50. The van der Waals surface area contributed by atoms with E-state index in [0.29, 0.717) is 0 Å². The smallest absolute Gasteiger partial charge is 0.191 e. The number of halogens is 1. The molecule has 0 radical (unpaired) electrons. The van der Waals surface area contributed by atoms with Gasteiger partial charge in [-0.2, -0.15) is 0 Å². The number of aliphatic imine (C=N–C) groups is 1. The summed E-state index contributed by atoms with van der Waals surface area (Å²) < 4.78 is 2.05. The first-order valence-corrected chi connectivity index (χ1v) is 9.85. The van der Waals surface area contributed by atoms with Gasteiger partial charge in [0, 0.05) is 32.3 Å². The van der Waals surface area contributed by atoms with Crippen LogP contribution in [0, 0.1) is 0 Å². The lowest BCUT2D eigenvalue weighted by Crippen LogP contribution is -2.38. The summed E-state index contributed by atoms with van der Waals surface area (Å²) in [7, 11) is 0. The van der Waals surface area contributed by atoms with Crippen molar-refractivity contribution in [2.45, 2.75) is 51.9 Å². The van der Waals surface area contributed by atoms with E-state index in [2.05, 4.69) is 33.8 Å². The molecule has 2 aromatic rings. The van der Waals surface area contributed by atoms with Crippen molar-refractivity contribution in [1.29, 1.82) is 0 Å². The minimum absolute atomic E-state index is 0. The summed E-state index contributed by atoms with van der Waals surface area (Å²) in [4.78, 5) is 4.69. The summed E-state index contributed by atoms with van der Waals surface area (Å²) in [6.07, 6.45) is 12.6. The van der Waals surface area contributed by atoms with Gasteiger partial charge < -0.3 is 10.6 Å². The van der Waals surface area contributed by atoms with Crippen LogP contribution in [-0.4, -0.2) is 40.2 Å². The summed E-state index contributed by atoms with van der Waals surface area (Å²) in [5, 5.41) is 15.3. The molecule has 0 bridgehead atoms. The third-order valence-corrected chi connectivity index (χ3v) is 4.68. The third-order valence-electron chi connectivity index (χ3n) is 4.68. The molecule has 3 rings (SSSR count). The van der Waals surface area contributed by atoms with E-state index >= 15 is 0 Å². The van der Waals surface area contributed by atoms with Gasteiger partial charge in [0.1, 0.15) is 5.82 Å². The van der Waals surface area contributed by atoms with Gasteiger partial charge in [-0.15, -0.1) is 34.2 Å². The number of rotatable bonds is 8. The van der Waals surface area contributed by atoms with E-state index in [1.165, 1.54) is 25.7 Å². The van der Waals surface area contributed by atoms with E-state index in [9.17, 15) is 0 Å². The van der Waals surface area contributed by atoms with Crippen molar-refractivity contribution in [2.75, 3.05) is 19.6 Å². The minimum atomic E-state index is 0. The maximum Gasteiger partial charge on any atom is 0.191 e. The molecule has 0 saturated carbocycles. The lowest BCUT2D eigenvalue weighted by molar-refractivity contribution is 0.665. The van der Waals surface area contributed by atoms with Gasteiger partial charge in [-0.05, 0) is 57.6 Å². The Labute approximate surface area is 179 Å². The van der Waals surface area contributed by atoms with Gasteiger partial charge in [0.25, 0.3) is 0 Å². The number of hydrogen-bond acceptors (Lipinski definition) is 3. The molecule has 0 saturated heterocycles. The minimum Gasteiger partial charge on any atom is -0.357 e. The molecule has 0 fully saturated rings. The van der Waals surface area contributed by atoms with Gasteiger partial charge in [0.15, 0.2) is 11.6 Å². The van der Waals surface area contributed by atoms with Gasteiger partial charge in [0.2, 0.25) is 0 Å². The summed E-state index contributed by atoms with van der Waals surface area (Å²) in [6, 6.07) is 5.96. The fraction of sp³-hybridized carbons (Fsp3) is 0.550. The topological polar surface area (TPSA) is 66.6 Å². The van der Waals surface area contributed by atoms with Crippen LogP contribution in [0.4, 0.5) is 0 Å². The quantitative estimate of drug-likeness (QED) is 0.198. The van der Waals surface area contributed by atoms with E-state index in [1.54, 1.807) is 5.57 Å². The maximum absolute atomic E-state index is 4.69. The zero-order chi connectivity index (χ0) is 18.0. The number of nitrogens with one attached hydrogen (secondary N) is 2. The van der Waals surface area contributed by atoms with Crippen molar-refractivity contribution in [2.24, 2.45) is 4.99 Å². The average Bonchev–Trinajstić information content (AvgIpc) is 3.09. The van der Waals surface area contributed by atoms with Crippen molar-refractivity contribution < 1.29 is 0 Å². The highest BCUT2D eigenvalue weighted by molar-refractivity contribution is 14.0. The number of aryl methyl sites for hydroxylation is 1. The Hall–Kier alpha value is -1.64. The van der Waals surface area contributed by atoms with E-state index in [-0.39, 0.29) is 24.0 Å². The highest BCUT2D eigenvalue weighted by Crippen LogP contribution is 2.19. The summed E-state index contributed by atoms with van der Waals surface area (Å²) in [5.74, 6) is 1.91. The van der Waals surface area contributed by atoms with Crippen LogP contribution in [0.25, 0.3) is 5.65 Å². The van der Waals surface area contributed by atoms with Crippen LogP contribution in [0.3, 0.4) is 0 Å². The first-order valence-electron chi connectivity index (χ1n) is 9.85. The van der Waals surface area contributed by atoms with Crippen LogP contribution in [0.2, 0.25) is 0 Å². The largest absolute Gasteiger partial charge is 0.357 e. The van der Waals surface area contributed by atoms with Crippen molar-refractivity contribution >= 4 is 35.6 Å². The number of allylic oxidation sites excluding steroid dienone is 1. The second-order valence-electron chi connectivity index (χ2n) is 6.69. The Kier molecular flexibility index (Phi) is 9.58. The summed E-state index contributed by atoms with van der Waals surface area (Å²) >= 11 is 0. The highest BCUT2D eigenvalue weighted by atomic mass is 127. The predicted octanol–water partition coefficient (Wildman–Crippen LogP) is 3.73. The van der Waals surface area contributed by atoms with E-state index in [1.807, 2.05) is 28.8 Å². The predicted molar refractivity (Wildman–Crippen MR) is 122 cm³/mol. The van der Waals surface area contributed by atoms with Crippen molar-refractivity contribution in [3.8, 4) is 0 Å². The van der Waals surface area contributed by atoms with Crippen LogP contribution >= 0.6 is 24.0 Å². The molecule has 1 aliphatic carbocycles. The fourth-order valence-electron chi connectivity index (χ4n) is 3.30. The maximum atomic E-state index is 4.69. The van der Waals surface area contributed by atoms with Gasteiger partial charge in [-0.1, -0.05) is 17.7 Å². The van der Waals surface area contributed by atoms with E-state index in [4.69, 9.17) is 4.99 Å². The van der Waals surface area contributed by atoms with Crippen LogP contribution in [0.5, 0.6) is 0 Å². The monoisotopic (exact) mass is 482 g/mol. The van der Waals surface area contributed by atoms with Crippen molar-refractivity contribution in [1.82, 2.24) is 25.2 Å². The van der Waals surface area contributed by atoms with Crippen molar-refractivity contribution in [3.05, 3.63) is 41.9 Å². The standard InChI is InChI=1S/C20H30N6.HI/c1-2-21-20(23-15-13-17-9-4-3-5-10-17)22-14-8-12-19-25-24-18-11-6-7-16-26(18)19;/h6-7,9,11,16H,2-5,8,10,12-15H2,1H3,(H2,21,22,23);1H. The van der Waals surface area contributed by atoms with E-state index in [0.717, 1.165) is 56.3 Å². The number of fused-ring (bicyclic) bond motifs is 1. The second kappa shape index (κ2) is 11.9. The summed E-state index contributed by atoms with van der Waals surface area (Å²) in [6.45, 7) is 4.71. The van der Waals surface area contributed by atoms with Crippen molar-refractivity contribution in [3.63, 3.8) is 0 Å². The van der Waals surface area contributed by atoms with Gasteiger partial charge in [0.05, 0.1) is 0 Å². The van der Waals surface area contributed by atoms with Gasteiger partial charge in [-0.3, -0.25) is 9.39 Å². The second-order valence-corrected chi connectivity index (χ2v) is 6.69. The molecule has 0 atom stereocenters. The molecular formula is C20H31IN6. The highest BCUT2D eigenvalue weighted by Gasteiger charge is 2.05. The fourth-order valence-corrected chi connectivity index (χ4v) is 3.30. The van der Waals surface area contributed by atoms with E-state index < -0.39 is 0 Å². The first kappa shape index (κ1) is 21.7. The lowest BCUT2D eigenvalue weighted by atomic mass is 9.97. The van der Waals surface area contributed by atoms with Crippen LogP contribution < -0.4 is 10.6 Å². The molecular weight excluding hydrogens is 451 g/mol. The number of guanidine groups is 1. The number of hydrogen-bond donors (Lipinski definition) is 2. The molecule has 2 aromatic heterocycles. The third kappa shape index (κ3) is 6.79. The normalized spacial score (nSPS) is 14.6. The molecule has 148 valence electrons. The molecule has 2 heterocycles. The molecule has 7 heteroatoms. The SMILES string of the molecule is CCNC(=NCCCc1nnc2ccccn12)NCCC1=CCCCC1.I. The number of pyridine rings is 1. The lowest BCUT2D eigenvalue weighted by Gasteiger charge is -2.15. The molecule has 0 unspecified atom stereocenters. The number of nitrogens with zero attached hydrogens (tertiary/aromatic N) is 4. The van der Waals surface area contributed by atoms with Crippen LogP contribution in [0.15, 0.2) is 41.0 Å². The Bertz CT molecular complexity index is 752. The van der Waals surface area contributed by atoms with Crippen LogP contribution in [0.1, 0.15) is 51.3 Å². The molecule has 0 spiro atoms. The Morgan fingerprint density at radius 2 is 2.11 bits per heavy atom.